The van der Waals surface area contributed by atoms with E-state index in [1.165, 1.54) is 43.1 Å². The molecule has 0 bridgehead atoms. The van der Waals surface area contributed by atoms with Gasteiger partial charge in [-0.05, 0) is 60.5 Å². The number of benzene rings is 3. The highest BCUT2D eigenvalue weighted by atomic mass is 32.1. The van der Waals surface area contributed by atoms with Crippen LogP contribution in [0.3, 0.4) is 0 Å². The number of anilines is 1. The summed E-state index contributed by atoms with van der Waals surface area (Å²) in [6.45, 7) is -1.34. The molecule has 2 heterocycles. The third-order valence-electron chi connectivity index (χ3n) is 6.52. The number of hydrogen-bond donors (Lipinski definition) is 2. The van der Waals surface area contributed by atoms with Gasteiger partial charge >= 0.3 is 6.61 Å². The molecule has 4 aromatic rings. The Morgan fingerprint density at radius 1 is 1.05 bits per heavy atom. The van der Waals surface area contributed by atoms with Crippen LogP contribution in [0, 0.1) is 0 Å². The van der Waals surface area contributed by atoms with E-state index in [2.05, 4.69) is 15.0 Å². The third-order valence-corrected chi connectivity index (χ3v) is 7.50. The number of amides is 1. The van der Waals surface area contributed by atoms with Gasteiger partial charge in [0.1, 0.15) is 0 Å². The minimum Gasteiger partial charge on any atom is -0.504 e. The summed E-state index contributed by atoms with van der Waals surface area (Å²) in [7, 11) is 2.72. The van der Waals surface area contributed by atoms with Crippen molar-refractivity contribution in [3.63, 3.8) is 0 Å². The Kier molecular flexibility index (Phi) is 8.07. The van der Waals surface area contributed by atoms with Gasteiger partial charge < -0.3 is 24.6 Å². The van der Waals surface area contributed by atoms with Gasteiger partial charge in [-0.2, -0.15) is 8.78 Å². The van der Waals surface area contributed by atoms with Gasteiger partial charge in [-0.1, -0.05) is 41.7 Å². The predicted molar refractivity (Wildman–Crippen MR) is 153 cm³/mol. The van der Waals surface area contributed by atoms with Crippen LogP contribution in [0.1, 0.15) is 24.1 Å². The number of hydrogen-bond acceptors (Lipinski definition) is 8. The summed E-state index contributed by atoms with van der Waals surface area (Å²) in [5, 5.41) is 13.1. The van der Waals surface area contributed by atoms with Crippen LogP contribution >= 0.6 is 11.3 Å². The molecule has 2 N–H and O–H groups in total. The number of alkyl halides is 2. The molecule has 1 amide bonds. The summed E-state index contributed by atoms with van der Waals surface area (Å²) in [4.78, 5) is 32.5. The van der Waals surface area contributed by atoms with Crippen LogP contribution in [0.15, 0.2) is 87.8 Å². The van der Waals surface area contributed by atoms with Crippen molar-refractivity contribution in [2.45, 2.75) is 19.6 Å². The lowest BCUT2D eigenvalue weighted by atomic mass is 9.94. The number of carbonyl (C=O) groups is 1. The van der Waals surface area contributed by atoms with Crippen molar-refractivity contribution in [3.05, 3.63) is 109 Å². The minimum atomic E-state index is -3.02. The summed E-state index contributed by atoms with van der Waals surface area (Å²) in [6.07, 6.45) is 1.58. The lowest BCUT2D eigenvalue weighted by Gasteiger charge is -2.25. The molecular formula is C30H25F2N3O6S. The SMILES string of the molecule is COc1cc(C2C(C(=O)Nc3ccccc3)=C(C)N=c3s/c(=C/c4ccc(OC(F)F)c(OC)c4)c(=O)n32)ccc1O. The van der Waals surface area contributed by atoms with Crippen molar-refractivity contribution in [2.24, 2.45) is 4.99 Å². The standard InChI is InChI=1S/C30H25F2N3O6S/c1-16-25(27(37)34-19-7-5-4-6-8-19)26(18-10-11-20(36)22(15-18)39-2)35-28(38)24(42-30(35)33-16)14-17-9-12-21(41-29(31)32)23(13-17)40-3/h4-15,26,29,36H,1-3H3,(H,34,37)/b24-14+. The van der Waals surface area contributed by atoms with Crippen LogP contribution in [0.2, 0.25) is 0 Å². The van der Waals surface area contributed by atoms with Gasteiger partial charge in [0.15, 0.2) is 27.8 Å². The van der Waals surface area contributed by atoms with E-state index in [9.17, 15) is 23.5 Å². The first-order valence-electron chi connectivity index (χ1n) is 12.6. The Morgan fingerprint density at radius 2 is 1.79 bits per heavy atom. The number of carbonyl (C=O) groups excluding carboxylic acids is 1. The van der Waals surface area contributed by atoms with Gasteiger partial charge in [-0.15, -0.1) is 0 Å². The number of phenolic OH excluding ortho intramolecular Hbond substituents is 1. The lowest BCUT2D eigenvalue weighted by Crippen LogP contribution is -2.40. The van der Waals surface area contributed by atoms with Gasteiger partial charge in [0.2, 0.25) is 0 Å². The second-order valence-electron chi connectivity index (χ2n) is 9.12. The molecular weight excluding hydrogens is 568 g/mol. The highest BCUT2D eigenvalue weighted by Crippen LogP contribution is 2.36. The Balaban J connectivity index is 1.66. The van der Waals surface area contributed by atoms with Gasteiger partial charge in [0.05, 0.1) is 36.1 Å². The first-order valence-corrected chi connectivity index (χ1v) is 13.4. The van der Waals surface area contributed by atoms with E-state index in [4.69, 9.17) is 9.47 Å². The van der Waals surface area contributed by atoms with E-state index in [0.29, 0.717) is 27.3 Å². The summed E-state index contributed by atoms with van der Waals surface area (Å²) in [5.74, 6) is -0.449. The largest absolute Gasteiger partial charge is 0.504 e. The number of halogens is 2. The number of allylic oxidation sites excluding steroid dienone is 1. The molecule has 0 saturated carbocycles. The van der Waals surface area contributed by atoms with Crippen molar-refractivity contribution in [2.75, 3.05) is 19.5 Å². The number of nitrogens with one attached hydrogen (secondary N) is 1. The lowest BCUT2D eigenvalue weighted by molar-refractivity contribution is -0.113. The van der Waals surface area contributed by atoms with E-state index in [1.54, 1.807) is 49.4 Å². The molecule has 1 atom stereocenters. The van der Waals surface area contributed by atoms with E-state index in [0.717, 1.165) is 11.3 Å². The number of thiazole rings is 1. The quantitative estimate of drug-likeness (QED) is 0.317. The topological polar surface area (TPSA) is 111 Å². The second-order valence-corrected chi connectivity index (χ2v) is 10.1. The number of fused-ring (bicyclic) bond motifs is 1. The number of methoxy groups -OCH3 is 2. The molecule has 1 aromatic heterocycles. The van der Waals surface area contributed by atoms with Gasteiger partial charge in [0, 0.05) is 5.69 Å². The van der Waals surface area contributed by atoms with E-state index < -0.39 is 24.1 Å². The molecule has 9 nitrogen and oxygen atoms in total. The molecule has 0 aliphatic carbocycles. The zero-order valence-electron chi connectivity index (χ0n) is 22.6. The third kappa shape index (κ3) is 5.61. The average Bonchev–Trinajstić information content (AvgIpc) is 3.27. The zero-order valence-corrected chi connectivity index (χ0v) is 23.4. The number of phenols is 1. The maximum absolute atomic E-state index is 13.9. The van der Waals surface area contributed by atoms with E-state index >= 15 is 0 Å². The number of aromatic nitrogens is 1. The summed E-state index contributed by atoms with van der Waals surface area (Å²) in [6, 6.07) is 16.9. The highest BCUT2D eigenvalue weighted by molar-refractivity contribution is 7.07. The van der Waals surface area contributed by atoms with Crippen LogP contribution in [0.5, 0.6) is 23.0 Å². The van der Waals surface area contributed by atoms with Crippen molar-refractivity contribution >= 4 is 29.0 Å². The van der Waals surface area contributed by atoms with Crippen LogP contribution < -0.4 is 34.4 Å². The Labute approximate surface area is 242 Å². The number of aromatic hydroxyl groups is 1. The van der Waals surface area contributed by atoms with Crippen LogP contribution in [-0.2, 0) is 4.79 Å². The van der Waals surface area contributed by atoms with Crippen molar-refractivity contribution in [3.8, 4) is 23.0 Å². The Hall–Kier alpha value is -4.97. The Morgan fingerprint density at radius 3 is 2.48 bits per heavy atom. The molecule has 42 heavy (non-hydrogen) atoms. The minimum absolute atomic E-state index is 0.0709. The highest BCUT2D eigenvalue weighted by Gasteiger charge is 2.33. The molecule has 0 radical (unpaired) electrons. The average molecular weight is 594 g/mol. The molecule has 12 heteroatoms. The van der Waals surface area contributed by atoms with Crippen LogP contribution in [0.25, 0.3) is 6.08 Å². The van der Waals surface area contributed by atoms with Gasteiger partial charge in [-0.3, -0.25) is 14.2 Å². The number of rotatable bonds is 8. The van der Waals surface area contributed by atoms with Crippen molar-refractivity contribution < 1.29 is 32.9 Å². The molecule has 3 aromatic carbocycles. The first-order chi connectivity index (χ1) is 20.2. The molecule has 0 spiro atoms. The fourth-order valence-corrected chi connectivity index (χ4v) is 5.68. The van der Waals surface area contributed by atoms with Gasteiger partial charge in [-0.25, -0.2) is 4.99 Å². The molecule has 1 aliphatic rings. The summed E-state index contributed by atoms with van der Waals surface area (Å²) < 4.78 is 42.2. The number of nitrogens with zero attached hydrogens (tertiary/aromatic N) is 2. The normalized spacial score (nSPS) is 14.8. The monoisotopic (exact) mass is 593 g/mol. The molecule has 216 valence electrons. The van der Waals surface area contributed by atoms with Crippen LogP contribution in [0.4, 0.5) is 14.5 Å². The van der Waals surface area contributed by atoms with Crippen molar-refractivity contribution in [1.29, 1.82) is 0 Å². The Bertz CT molecular complexity index is 1870. The maximum atomic E-state index is 13.9. The summed E-state index contributed by atoms with van der Waals surface area (Å²) in [5.41, 5.74) is 1.79. The molecule has 0 fully saturated rings. The van der Waals surface area contributed by atoms with Crippen LogP contribution in [-0.4, -0.2) is 36.4 Å². The second kappa shape index (κ2) is 11.9. The summed E-state index contributed by atoms with van der Waals surface area (Å²) >= 11 is 1.11. The zero-order chi connectivity index (χ0) is 30.0. The van der Waals surface area contributed by atoms with E-state index in [1.807, 2.05) is 6.07 Å². The predicted octanol–water partition coefficient (Wildman–Crippen LogP) is 4.20. The number of para-hydroxylation sites is 1. The fraction of sp³-hybridized carbons (Fsp3) is 0.167. The molecule has 5 rings (SSSR count). The fourth-order valence-electron chi connectivity index (χ4n) is 4.63. The molecule has 1 unspecified atom stereocenters. The van der Waals surface area contributed by atoms with E-state index in [-0.39, 0.29) is 33.1 Å². The first kappa shape index (κ1) is 28.6. The molecule has 1 aliphatic heterocycles. The van der Waals surface area contributed by atoms with Gasteiger partial charge in [0.25, 0.3) is 11.5 Å². The number of ether oxygens (including phenoxy) is 3. The smallest absolute Gasteiger partial charge is 0.387 e. The maximum Gasteiger partial charge on any atom is 0.387 e. The molecule has 0 saturated heterocycles. The van der Waals surface area contributed by atoms with Crippen molar-refractivity contribution in [1.82, 2.24) is 4.57 Å².